The van der Waals surface area contributed by atoms with Crippen LogP contribution < -0.4 is 29.3 Å². The first-order valence-electron chi connectivity index (χ1n) is 11.3. The van der Waals surface area contributed by atoms with Crippen molar-refractivity contribution in [2.45, 2.75) is 19.9 Å². The Hall–Kier alpha value is -3.37. The Bertz CT molecular complexity index is 1590. The van der Waals surface area contributed by atoms with E-state index in [0.29, 0.717) is 37.7 Å². The van der Waals surface area contributed by atoms with Crippen LogP contribution in [0.15, 0.2) is 61.9 Å². The second-order valence-corrected chi connectivity index (χ2v) is 10.4. The van der Waals surface area contributed by atoms with E-state index in [1.807, 2.05) is 49.3 Å². The number of rotatable bonds is 5. The summed E-state index contributed by atoms with van der Waals surface area (Å²) in [5.74, 6) is 0.688. The van der Waals surface area contributed by atoms with Crippen molar-refractivity contribution in [2.24, 2.45) is 4.99 Å². The highest BCUT2D eigenvalue weighted by Crippen LogP contribution is 2.38. The fourth-order valence-corrected chi connectivity index (χ4v) is 6.11. The molecule has 0 bridgehead atoms. The molecule has 0 spiro atoms. The van der Waals surface area contributed by atoms with Gasteiger partial charge in [0.25, 0.3) is 5.56 Å². The molecule has 36 heavy (non-hydrogen) atoms. The van der Waals surface area contributed by atoms with Gasteiger partial charge in [0, 0.05) is 18.6 Å². The zero-order valence-corrected chi connectivity index (χ0v) is 22.6. The number of fused-ring (bicyclic) bond motifs is 2. The molecular weight excluding hydrogens is 546 g/mol. The zero-order chi connectivity index (χ0) is 25.6. The van der Waals surface area contributed by atoms with Crippen molar-refractivity contribution in [1.29, 1.82) is 0 Å². The molecule has 0 N–H and O–H groups in total. The maximum atomic E-state index is 13.8. The Morgan fingerprint density at radius 2 is 2.03 bits per heavy atom. The van der Waals surface area contributed by atoms with E-state index in [0.717, 1.165) is 15.7 Å². The molecule has 0 radical (unpaired) electrons. The zero-order valence-electron chi connectivity index (χ0n) is 20.2. The van der Waals surface area contributed by atoms with Crippen molar-refractivity contribution < 1.29 is 19.0 Å². The van der Waals surface area contributed by atoms with Crippen molar-refractivity contribution in [3.05, 3.63) is 83.0 Å². The Morgan fingerprint density at radius 3 is 2.75 bits per heavy atom. The fraction of sp³-hybridized carbons (Fsp3) is 0.269. The summed E-state index contributed by atoms with van der Waals surface area (Å²) in [6.07, 6.45) is 1.84. The summed E-state index contributed by atoms with van der Waals surface area (Å²) in [6, 6.07) is 10.6. The Morgan fingerprint density at radius 1 is 1.25 bits per heavy atom. The van der Waals surface area contributed by atoms with Gasteiger partial charge in [-0.25, -0.2) is 9.79 Å². The summed E-state index contributed by atoms with van der Waals surface area (Å²) in [7, 11) is 3.94. The maximum Gasteiger partial charge on any atom is 0.338 e. The van der Waals surface area contributed by atoms with Crippen molar-refractivity contribution in [2.75, 3.05) is 32.4 Å². The molecule has 0 saturated carbocycles. The van der Waals surface area contributed by atoms with Gasteiger partial charge in [-0.15, -0.1) is 0 Å². The summed E-state index contributed by atoms with van der Waals surface area (Å²) in [6.45, 7) is 3.85. The van der Waals surface area contributed by atoms with E-state index in [4.69, 9.17) is 14.2 Å². The lowest BCUT2D eigenvalue weighted by Crippen LogP contribution is -2.39. The van der Waals surface area contributed by atoms with Gasteiger partial charge in [-0.05, 0) is 71.2 Å². The molecule has 2 aliphatic heterocycles. The summed E-state index contributed by atoms with van der Waals surface area (Å²) < 4.78 is 19.4. The number of ether oxygens (including phenoxy) is 3. The molecule has 8 nitrogen and oxygen atoms in total. The van der Waals surface area contributed by atoms with Crippen LogP contribution in [0.2, 0.25) is 0 Å². The van der Waals surface area contributed by atoms with E-state index in [1.54, 1.807) is 30.5 Å². The number of carbonyl (C=O) groups excluding carboxylic acids is 1. The molecule has 3 heterocycles. The standard InChI is InChI=1S/C26H24BrN3O5S/c1-5-33-25(32)22-14(2)28-26-30(23(22)16-7-9-19-20(12-16)35-13-34-19)24(31)21(36-26)11-15-6-8-18(29(3)4)17(27)10-15/h6-12,23H,5,13H2,1-4H3. The molecule has 5 rings (SSSR count). The first kappa shape index (κ1) is 24.3. The quantitative estimate of drug-likeness (QED) is 0.438. The fourth-order valence-electron chi connectivity index (χ4n) is 4.32. The SMILES string of the molecule is CCOC(=O)C1=C(C)N=c2sc(=Cc3ccc(N(C)C)c(Br)c3)c(=O)n2C1c1ccc2c(c1)OCO2. The first-order valence-corrected chi connectivity index (χ1v) is 13.0. The van der Waals surface area contributed by atoms with Gasteiger partial charge in [-0.3, -0.25) is 9.36 Å². The third kappa shape index (κ3) is 4.24. The third-order valence-corrected chi connectivity index (χ3v) is 7.60. The largest absolute Gasteiger partial charge is 0.463 e. The van der Waals surface area contributed by atoms with Gasteiger partial charge in [0.2, 0.25) is 6.79 Å². The number of thiazole rings is 1. The van der Waals surface area contributed by atoms with E-state index in [1.165, 1.54) is 11.3 Å². The number of hydrogen-bond acceptors (Lipinski definition) is 8. The predicted molar refractivity (Wildman–Crippen MR) is 141 cm³/mol. The Balaban J connectivity index is 1.69. The number of allylic oxidation sites excluding steroid dienone is 1. The second kappa shape index (κ2) is 9.59. The van der Waals surface area contributed by atoms with Crippen molar-refractivity contribution in [3.63, 3.8) is 0 Å². The number of aromatic nitrogens is 1. The molecular formula is C26H24BrN3O5S. The van der Waals surface area contributed by atoms with Crippen molar-refractivity contribution in [3.8, 4) is 11.5 Å². The number of hydrogen-bond donors (Lipinski definition) is 0. The maximum absolute atomic E-state index is 13.8. The van der Waals surface area contributed by atoms with E-state index >= 15 is 0 Å². The summed E-state index contributed by atoms with van der Waals surface area (Å²) in [4.78, 5) is 34.0. The third-order valence-electron chi connectivity index (χ3n) is 5.98. The van der Waals surface area contributed by atoms with E-state index in [2.05, 4.69) is 20.9 Å². The van der Waals surface area contributed by atoms with E-state index in [-0.39, 0.29) is 19.0 Å². The average Bonchev–Trinajstić information content (AvgIpc) is 3.42. The van der Waals surface area contributed by atoms with E-state index in [9.17, 15) is 9.59 Å². The van der Waals surface area contributed by atoms with Gasteiger partial charge < -0.3 is 19.1 Å². The first-order chi connectivity index (χ1) is 17.3. The number of carbonyl (C=O) groups is 1. The molecule has 0 fully saturated rings. The number of nitrogens with zero attached hydrogens (tertiary/aromatic N) is 3. The average molecular weight is 570 g/mol. The minimum absolute atomic E-state index is 0.128. The van der Waals surface area contributed by atoms with Crippen LogP contribution in [0.1, 0.15) is 31.0 Å². The lowest BCUT2D eigenvalue weighted by atomic mass is 9.95. The lowest BCUT2D eigenvalue weighted by Gasteiger charge is -2.24. The molecule has 2 aromatic carbocycles. The lowest BCUT2D eigenvalue weighted by molar-refractivity contribution is -0.139. The highest BCUT2D eigenvalue weighted by Gasteiger charge is 2.34. The van der Waals surface area contributed by atoms with Crippen molar-refractivity contribution >= 4 is 45.0 Å². The smallest absolute Gasteiger partial charge is 0.338 e. The van der Waals surface area contributed by atoms with Gasteiger partial charge in [0.05, 0.1) is 34.1 Å². The minimum atomic E-state index is -0.709. The summed E-state index contributed by atoms with van der Waals surface area (Å²) >= 11 is 4.90. The van der Waals surface area contributed by atoms with Gasteiger partial charge in [0.1, 0.15) is 0 Å². The topological polar surface area (TPSA) is 82.4 Å². The Kier molecular flexibility index (Phi) is 6.48. The van der Waals surface area contributed by atoms with Crippen LogP contribution in [0.5, 0.6) is 11.5 Å². The molecule has 2 aliphatic rings. The monoisotopic (exact) mass is 569 g/mol. The van der Waals surface area contributed by atoms with Crippen LogP contribution in [-0.2, 0) is 9.53 Å². The van der Waals surface area contributed by atoms with Gasteiger partial charge in [-0.2, -0.15) is 0 Å². The van der Waals surface area contributed by atoms with Crippen LogP contribution in [0.3, 0.4) is 0 Å². The van der Waals surface area contributed by atoms with Gasteiger partial charge >= 0.3 is 5.97 Å². The van der Waals surface area contributed by atoms with Crippen LogP contribution in [0.4, 0.5) is 5.69 Å². The highest BCUT2D eigenvalue weighted by atomic mass is 79.9. The van der Waals surface area contributed by atoms with Crippen LogP contribution in [0.25, 0.3) is 6.08 Å². The Labute approximate surface area is 219 Å². The normalized spacial score (nSPS) is 16.6. The molecule has 0 aliphatic carbocycles. The predicted octanol–water partition coefficient (Wildman–Crippen LogP) is 3.36. The second-order valence-electron chi connectivity index (χ2n) is 8.52. The van der Waals surface area contributed by atoms with Gasteiger partial charge in [-0.1, -0.05) is 23.5 Å². The minimum Gasteiger partial charge on any atom is -0.463 e. The molecule has 10 heteroatoms. The number of esters is 1. The van der Waals surface area contributed by atoms with Crippen LogP contribution >= 0.6 is 27.3 Å². The molecule has 186 valence electrons. The van der Waals surface area contributed by atoms with E-state index < -0.39 is 12.0 Å². The molecule has 1 unspecified atom stereocenters. The molecule has 0 saturated heterocycles. The summed E-state index contributed by atoms with van der Waals surface area (Å²) in [5.41, 5.74) is 3.23. The number of anilines is 1. The molecule has 1 atom stereocenters. The van der Waals surface area contributed by atoms with Crippen molar-refractivity contribution in [1.82, 2.24) is 4.57 Å². The van der Waals surface area contributed by atoms with Crippen LogP contribution in [0, 0.1) is 0 Å². The van der Waals surface area contributed by atoms with Crippen LogP contribution in [-0.4, -0.2) is 38.0 Å². The van der Waals surface area contributed by atoms with Gasteiger partial charge in [0.15, 0.2) is 16.3 Å². The number of benzene rings is 2. The molecule has 1 aromatic heterocycles. The number of halogens is 1. The summed E-state index contributed by atoms with van der Waals surface area (Å²) in [5, 5.41) is 0. The molecule has 0 amide bonds. The highest BCUT2D eigenvalue weighted by molar-refractivity contribution is 9.10. The molecule has 3 aromatic rings.